The van der Waals surface area contributed by atoms with Gasteiger partial charge in [0.2, 0.25) is 0 Å². The van der Waals surface area contributed by atoms with Crippen LogP contribution in [0.4, 0.5) is 0 Å². The Labute approximate surface area is 110 Å². The van der Waals surface area contributed by atoms with E-state index in [4.69, 9.17) is 9.15 Å². The van der Waals surface area contributed by atoms with E-state index in [2.05, 4.69) is 19.2 Å². The molecular weight excluding hydrogens is 226 g/mol. The van der Waals surface area contributed by atoms with E-state index in [1.54, 1.807) is 6.26 Å². The van der Waals surface area contributed by atoms with Crippen molar-refractivity contribution in [2.45, 2.75) is 58.3 Å². The zero-order chi connectivity index (χ0) is 12.8. The summed E-state index contributed by atoms with van der Waals surface area (Å²) < 4.78 is 11.4. The Hall–Kier alpha value is -0.800. The highest BCUT2D eigenvalue weighted by Crippen LogP contribution is 2.26. The first-order chi connectivity index (χ1) is 8.74. The minimum atomic E-state index is 0.273. The van der Waals surface area contributed by atoms with E-state index in [0.29, 0.717) is 6.10 Å². The third kappa shape index (κ3) is 4.46. The highest BCUT2D eigenvalue weighted by Gasteiger charge is 2.20. The first-order valence-corrected chi connectivity index (χ1v) is 7.12. The molecule has 3 unspecified atom stereocenters. The monoisotopic (exact) mass is 251 g/mol. The van der Waals surface area contributed by atoms with E-state index in [1.165, 1.54) is 25.7 Å². The Morgan fingerprint density at radius 2 is 2.39 bits per heavy atom. The van der Waals surface area contributed by atoms with Crippen molar-refractivity contribution in [2.75, 3.05) is 6.54 Å². The maximum Gasteiger partial charge on any atom is 0.117 e. The standard InChI is InChI=1S/C15H25NO2/c1-12-5-3-6-14(9-12)18-13(2)10-16-11-15-7-4-8-17-15/h4,7-8,12-14,16H,3,5-6,9-11H2,1-2H3. The summed E-state index contributed by atoms with van der Waals surface area (Å²) in [6.45, 7) is 6.14. The van der Waals surface area contributed by atoms with Crippen LogP contribution in [0.15, 0.2) is 22.8 Å². The summed E-state index contributed by atoms with van der Waals surface area (Å²) in [7, 11) is 0. The number of hydrogen-bond donors (Lipinski definition) is 1. The summed E-state index contributed by atoms with van der Waals surface area (Å²) in [6.07, 6.45) is 7.59. The Kier molecular flexibility index (Phi) is 5.26. The van der Waals surface area contributed by atoms with Crippen LogP contribution in [-0.4, -0.2) is 18.8 Å². The fraction of sp³-hybridized carbons (Fsp3) is 0.733. The van der Waals surface area contributed by atoms with Gasteiger partial charge in [-0.3, -0.25) is 0 Å². The molecule has 0 aromatic carbocycles. The molecule has 18 heavy (non-hydrogen) atoms. The number of ether oxygens (including phenoxy) is 1. The fourth-order valence-corrected chi connectivity index (χ4v) is 2.69. The first-order valence-electron chi connectivity index (χ1n) is 7.12. The van der Waals surface area contributed by atoms with Gasteiger partial charge < -0.3 is 14.5 Å². The molecule has 0 radical (unpaired) electrons. The maximum absolute atomic E-state index is 6.09. The summed E-state index contributed by atoms with van der Waals surface area (Å²) in [4.78, 5) is 0. The van der Waals surface area contributed by atoms with Crippen molar-refractivity contribution in [3.63, 3.8) is 0 Å². The lowest BCUT2D eigenvalue weighted by Gasteiger charge is -2.29. The smallest absolute Gasteiger partial charge is 0.117 e. The Bertz CT molecular complexity index is 323. The fourth-order valence-electron chi connectivity index (χ4n) is 2.69. The summed E-state index contributed by atoms with van der Waals surface area (Å²) >= 11 is 0. The van der Waals surface area contributed by atoms with Crippen LogP contribution < -0.4 is 5.32 Å². The first kappa shape index (κ1) is 13.6. The second-order valence-electron chi connectivity index (χ2n) is 5.55. The van der Waals surface area contributed by atoms with Gasteiger partial charge in [-0.15, -0.1) is 0 Å². The predicted molar refractivity (Wildman–Crippen MR) is 72.4 cm³/mol. The maximum atomic E-state index is 6.09. The second kappa shape index (κ2) is 6.95. The van der Waals surface area contributed by atoms with Crippen molar-refractivity contribution in [1.29, 1.82) is 0 Å². The van der Waals surface area contributed by atoms with Crippen LogP contribution in [0.25, 0.3) is 0 Å². The summed E-state index contributed by atoms with van der Waals surface area (Å²) in [5.74, 6) is 1.81. The molecular formula is C15H25NO2. The summed E-state index contributed by atoms with van der Waals surface area (Å²) in [6, 6.07) is 3.90. The van der Waals surface area contributed by atoms with Crippen LogP contribution in [0.2, 0.25) is 0 Å². The van der Waals surface area contributed by atoms with Gasteiger partial charge in [0.15, 0.2) is 0 Å². The largest absolute Gasteiger partial charge is 0.468 e. The number of nitrogens with one attached hydrogen (secondary N) is 1. The molecule has 0 aliphatic heterocycles. The van der Waals surface area contributed by atoms with Gasteiger partial charge in [0.1, 0.15) is 5.76 Å². The molecule has 0 saturated heterocycles. The van der Waals surface area contributed by atoms with Crippen LogP contribution in [0.5, 0.6) is 0 Å². The molecule has 1 aliphatic carbocycles. The van der Waals surface area contributed by atoms with Gasteiger partial charge in [-0.05, 0) is 37.8 Å². The van der Waals surface area contributed by atoms with Gasteiger partial charge in [-0.25, -0.2) is 0 Å². The second-order valence-corrected chi connectivity index (χ2v) is 5.55. The Morgan fingerprint density at radius 3 is 3.11 bits per heavy atom. The average molecular weight is 251 g/mol. The van der Waals surface area contributed by atoms with Crippen LogP contribution in [0.1, 0.15) is 45.3 Å². The Morgan fingerprint density at radius 1 is 1.50 bits per heavy atom. The van der Waals surface area contributed by atoms with Crippen molar-refractivity contribution in [2.24, 2.45) is 5.92 Å². The molecule has 1 aliphatic rings. The van der Waals surface area contributed by atoms with E-state index in [0.717, 1.165) is 24.8 Å². The lowest BCUT2D eigenvalue weighted by molar-refractivity contribution is -0.0294. The van der Waals surface area contributed by atoms with Crippen LogP contribution >= 0.6 is 0 Å². The lowest BCUT2D eigenvalue weighted by atomic mass is 9.88. The third-order valence-electron chi connectivity index (χ3n) is 3.62. The van der Waals surface area contributed by atoms with E-state index in [9.17, 15) is 0 Å². The Balaban J connectivity index is 1.61. The lowest BCUT2D eigenvalue weighted by Crippen LogP contribution is -2.32. The van der Waals surface area contributed by atoms with Gasteiger partial charge in [-0.1, -0.05) is 19.8 Å². The molecule has 3 atom stereocenters. The molecule has 1 saturated carbocycles. The number of hydrogen-bond acceptors (Lipinski definition) is 3. The molecule has 2 rings (SSSR count). The number of furan rings is 1. The van der Waals surface area contributed by atoms with E-state index < -0.39 is 0 Å². The average Bonchev–Trinajstić information content (AvgIpc) is 2.82. The SMILES string of the molecule is CC1CCCC(OC(C)CNCc2ccco2)C1. The molecule has 1 aromatic rings. The quantitative estimate of drug-likeness (QED) is 0.842. The van der Waals surface area contributed by atoms with Gasteiger partial charge in [-0.2, -0.15) is 0 Å². The zero-order valence-electron chi connectivity index (χ0n) is 11.5. The predicted octanol–water partition coefficient (Wildman–Crippen LogP) is 3.35. The summed E-state index contributed by atoms with van der Waals surface area (Å²) in [5.41, 5.74) is 0. The van der Waals surface area contributed by atoms with Crippen molar-refractivity contribution < 1.29 is 9.15 Å². The summed E-state index contributed by atoms with van der Waals surface area (Å²) in [5, 5.41) is 3.37. The molecule has 102 valence electrons. The zero-order valence-corrected chi connectivity index (χ0v) is 11.5. The molecule has 1 heterocycles. The highest BCUT2D eigenvalue weighted by molar-refractivity contribution is 4.97. The molecule has 0 bridgehead atoms. The van der Waals surface area contributed by atoms with Crippen molar-refractivity contribution >= 4 is 0 Å². The topological polar surface area (TPSA) is 34.4 Å². The number of rotatable bonds is 6. The van der Waals surface area contributed by atoms with Gasteiger partial charge >= 0.3 is 0 Å². The minimum absolute atomic E-state index is 0.273. The molecule has 1 N–H and O–H groups in total. The molecule has 0 amide bonds. The third-order valence-corrected chi connectivity index (χ3v) is 3.62. The van der Waals surface area contributed by atoms with Gasteiger partial charge in [0.25, 0.3) is 0 Å². The van der Waals surface area contributed by atoms with Crippen LogP contribution in [0.3, 0.4) is 0 Å². The van der Waals surface area contributed by atoms with E-state index in [1.807, 2.05) is 12.1 Å². The minimum Gasteiger partial charge on any atom is -0.468 e. The normalized spacial score (nSPS) is 26.1. The van der Waals surface area contributed by atoms with Crippen molar-refractivity contribution in [3.8, 4) is 0 Å². The van der Waals surface area contributed by atoms with Gasteiger partial charge in [0.05, 0.1) is 25.0 Å². The van der Waals surface area contributed by atoms with E-state index >= 15 is 0 Å². The molecule has 0 spiro atoms. The molecule has 1 fully saturated rings. The van der Waals surface area contributed by atoms with Crippen LogP contribution in [0, 0.1) is 5.92 Å². The van der Waals surface area contributed by atoms with Crippen molar-refractivity contribution in [3.05, 3.63) is 24.2 Å². The molecule has 3 nitrogen and oxygen atoms in total. The van der Waals surface area contributed by atoms with Crippen LogP contribution in [-0.2, 0) is 11.3 Å². The molecule has 1 aromatic heterocycles. The van der Waals surface area contributed by atoms with Gasteiger partial charge in [0, 0.05) is 6.54 Å². The van der Waals surface area contributed by atoms with E-state index in [-0.39, 0.29) is 6.10 Å². The van der Waals surface area contributed by atoms with Crippen molar-refractivity contribution in [1.82, 2.24) is 5.32 Å². The molecule has 3 heteroatoms. The highest BCUT2D eigenvalue weighted by atomic mass is 16.5.